The van der Waals surface area contributed by atoms with Crippen LogP contribution in [0.2, 0.25) is 0 Å². The van der Waals surface area contributed by atoms with Crippen LogP contribution in [0.15, 0.2) is 0 Å². The first-order valence-corrected chi connectivity index (χ1v) is 23.9. The lowest BCUT2D eigenvalue weighted by molar-refractivity contribution is -0.167. The number of carbonyl (C=O) groups excluding carboxylic acids is 3. The van der Waals surface area contributed by atoms with Gasteiger partial charge in [-0.25, -0.2) is 0 Å². The topological polar surface area (TPSA) is 78.9 Å². The van der Waals surface area contributed by atoms with Crippen LogP contribution in [0.25, 0.3) is 0 Å². The van der Waals surface area contributed by atoms with E-state index < -0.39 is 6.10 Å². The van der Waals surface area contributed by atoms with Crippen LogP contribution in [0.4, 0.5) is 0 Å². The predicted molar refractivity (Wildman–Crippen MR) is 229 cm³/mol. The Labute approximate surface area is 336 Å². The smallest absolute Gasteiger partial charge is 0.306 e. The maximum absolute atomic E-state index is 12.5. The first-order valence-electron chi connectivity index (χ1n) is 23.9. The summed E-state index contributed by atoms with van der Waals surface area (Å²) in [6.07, 6.45) is 42.5. The maximum Gasteiger partial charge on any atom is 0.306 e. The number of hydrogen-bond donors (Lipinski definition) is 0. The Morgan fingerprint density at radius 3 is 0.963 bits per heavy atom. The summed E-state index contributed by atoms with van der Waals surface area (Å²) in [6.45, 7) is 8.97. The zero-order valence-corrected chi connectivity index (χ0v) is 36.7. The highest BCUT2D eigenvalue weighted by atomic mass is 16.6. The molecule has 0 aromatic heterocycles. The average Bonchev–Trinajstić information content (AvgIpc) is 3.17. The van der Waals surface area contributed by atoms with Crippen molar-refractivity contribution in [3.63, 3.8) is 0 Å². The highest BCUT2D eigenvalue weighted by Crippen LogP contribution is 2.17. The van der Waals surface area contributed by atoms with Crippen LogP contribution in [-0.2, 0) is 28.6 Å². The highest BCUT2D eigenvalue weighted by molar-refractivity contribution is 5.71. The molecule has 1 unspecified atom stereocenters. The number of esters is 3. The number of carbonyl (C=O) groups is 3. The Bertz CT molecular complexity index is 813. The first kappa shape index (κ1) is 52.4. The number of rotatable bonds is 43. The Morgan fingerprint density at radius 1 is 0.370 bits per heavy atom. The van der Waals surface area contributed by atoms with Gasteiger partial charge in [0, 0.05) is 19.3 Å². The molecule has 0 aliphatic carbocycles. The molecule has 0 aliphatic heterocycles. The number of unbranched alkanes of at least 4 members (excludes halogenated alkanes) is 29. The van der Waals surface area contributed by atoms with E-state index in [1.807, 2.05) is 0 Å². The Morgan fingerprint density at radius 2 is 0.648 bits per heavy atom. The van der Waals surface area contributed by atoms with Crippen LogP contribution in [0, 0.1) is 5.92 Å². The highest BCUT2D eigenvalue weighted by Gasteiger charge is 2.19. The van der Waals surface area contributed by atoms with Gasteiger partial charge in [-0.2, -0.15) is 0 Å². The third kappa shape index (κ3) is 40.1. The molecule has 0 saturated heterocycles. The van der Waals surface area contributed by atoms with E-state index in [9.17, 15) is 14.4 Å². The molecular formula is C48H92O6. The summed E-state index contributed by atoms with van der Waals surface area (Å²) in [5.74, 6) is 0.0306. The first-order chi connectivity index (χ1) is 26.4. The fourth-order valence-electron chi connectivity index (χ4n) is 7.12. The van der Waals surface area contributed by atoms with Gasteiger partial charge in [-0.15, -0.1) is 0 Å². The molecule has 2 atom stereocenters. The third-order valence-electron chi connectivity index (χ3n) is 11.2. The molecule has 0 fully saturated rings. The van der Waals surface area contributed by atoms with Gasteiger partial charge in [0.15, 0.2) is 6.10 Å². The second-order valence-corrected chi connectivity index (χ2v) is 16.6. The molecular weight excluding hydrogens is 673 g/mol. The van der Waals surface area contributed by atoms with Crippen LogP contribution < -0.4 is 0 Å². The molecule has 0 spiro atoms. The molecule has 6 heteroatoms. The van der Waals surface area contributed by atoms with Crippen molar-refractivity contribution in [2.24, 2.45) is 5.92 Å². The molecule has 0 N–H and O–H groups in total. The molecule has 0 radical (unpaired) electrons. The summed E-state index contributed by atoms with van der Waals surface area (Å²) in [4.78, 5) is 37.5. The molecule has 0 aliphatic rings. The van der Waals surface area contributed by atoms with Crippen LogP contribution in [0.1, 0.15) is 265 Å². The average molecular weight is 765 g/mol. The standard InChI is InChI=1S/C48H92O6/c1-5-8-10-12-13-14-15-18-22-25-28-32-35-39-46(49)52-42-45(54-48(51)41-37-30-11-9-6-2)43-53-47(50)40-36-33-29-26-23-20-17-16-19-21-24-27-31-34-38-44(4)7-3/h44-45H,5-43H2,1-4H3/t44?,45-/m0/s1. The van der Waals surface area contributed by atoms with Crippen molar-refractivity contribution >= 4 is 17.9 Å². The molecule has 0 amide bonds. The Balaban J connectivity index is 4.09. The van der Waals surface area contributed by atoms with E-state index in [2.05, 4.69) is 27.7 Å². The lowest BCUT2D eigenvalue weighted by atomic mass is 9.99. The van der Waals surface area contributed by atoms with Gasteiger partial charge in [0.1, 0.15) is 13.2 Å². The van der Waals surface area contributed by atoms with Crippen LogP contribution in [0.3, 0.4) is 0 Å². The van der Waals surface area contributed by atoms with Crippen molar-refractivity contribution in [2.75, 3.05) is 13.2 Å². The summed E-state index contributed by atoms with van der Waals surface area (Å²) in [5.41, 5.74) is 0. The van der Waals surface area contributed by atoms with E-state index in [-0.39, 0.29) is 31.1 Å². The van der Waals surface area contributed by atoms with Crippen LogP contribution in [0.5, 0.6) is 0 Å². The second kappa shape index (κ2) is 42.6. The molecule has 0 aromatic carbocycles. The van der Waals surface area contributed by atoms with Crippen molar-refractivity contribution in [2.45, 2.75) is 271 Å². The summed E-state index contributed by atoms with van der Waals surface area (Å²) in [7, 11) is 0. The monoisotopic (exact) mass is 765 g/mol. The molecule has 0 aromatic rings. The van der Waals surface area contributed by atoms with Gasteiger partial charge in [-0.1, -0.05) is 227 Å². The minimum absolute atomic E-state index is 0.0648. The molecule has 0 saturated carbocycles. The molecule has 0 heterocycles. The summed E-state index contributed by atoms with van der Waals surface area (Å²) in [6, 6.07) is 0. The van der Waals surface area contributed by atoms with Crippen molar-refractivity contribution in [3.8, 4) is 0 Å². The Hall–Kier alpha value is -1.59. The fraction of sp³-hybridized carbons (Fsp3) is 0.938. The van der Waals surface area contributed by atoms with Gasteiger partial charge >= 0.3 is 17.9 Å². The summed E-state index contributed by atoms with van der Waals surface area (Å²) < 4.78 is 16.6. The maximum atomic E-state index is 12.5. The van der Waals surface area contributed by atoms with E-state index in [1.54, 1.807) is 0 Å². The molecule has 6 nitrogen and oxygen atoms in total. The van der Waals surface area contributed by atoms with E-state index in [0.29, 0.717) is 19.3 Å². The number of ether oxygens (including phenoxy) is 3. The van der Waals surface area contributed by atoms with E-state index in [1.165, 1.54) is 154 Å². The molecule has 0 bridgehead atoms. The van der Waals surface area contributed by atoms with Crippen LogP contribution in [-0.4, -0.2) is 37.2 Å². The van der Waals surface area contributed by atoms with Crippen molar-refractivity contribution in [3.05, 3.63) is 0 Å². The zero-order chi connectivity index (χ0) is 39.6. The van der Waals surface area contributed by atoms with E-state index >= 15 is 0 Å². The largest absolute Gasteiger partial charge is 0.462 e. The molecule has 0 rings (SSSR count). The van der Waals surface area contributed by atoms with Crippen molar-refractivity contribution in [1.82, 2.24) is 0 Å². The third-order valence-corrected chi connectivity index (χ3v) is 11.2. The summed E-state index contributed by atoms with van der Waals surface area (Å²) in [5, 5.41) is 0. The predicted octanol–water partition coefficient (Wildman–Crippen LogP) is 15.1. The minimum atomic E-state index is -0.757. The van der Waals surface area contributed by atoms with Gasteiger partial charge in [-0.05, 0) is 25.2 Å². The quantitative estimate of drug-likeness (QED) is 0.0349. The molecule has 320 valence electrons. The Kier molecular flexibility index (Phi) is 41.3. The molecule has 54 heavy (non-hydrogen) atoms. The SMILES string of the molecule is CCCCCCCCCCCCCCCC(=O)OC[C@@H](COC(=O)CCCCCCCCCCCCCCCCC(C)CC)OC(=O)CCCCCCC. The van der Waals surface area contributed by atoms with Gasteiger partial charge in [0.25, 0.3) is 0 Å². The zero-order valence-electron chi connectivity index (χ0n) is 36.7. The van der Waals surface area contributed by atoms with Crippen LogP contribution >= 0.6 is 0 Å². The normalized spacial score (nSPS) is 12.4. The van der Waals surface area contributed by atoms with Gasteiger partial charge in [-0.3, -0.25) is 14.4 Å². The van der Waals surface area contributed by atoms with Gasteiger partial charge < -0.3 is 14.2 Å². The van der Waals surface area contributed by atoms with Crippen molar-refractivity contribution < 1.29 is 28.6 Å². The number of hydrogen-bond acceptors (Lipinski definition) is 6. The lowest BCUT2D eigenvalue weighted by Crippen LogP contribution is -2.30. The van der Waals surface area contributed by atoms with E-state index in [0.717, 1.165) is 70.1 Å². The lowest BCUT2D eigenvalue weighted by Gasteiger charge is -2.18. The van der Waals surface area contributed by atoms with Gasteiger partial charge in [0.05, 0.1) is 0 Å². The second-order valence-electron chi connectivity index (χ2n) is 16.6. The van der Waals surface area contributed by atoms with Gasteiger partial charge in [0.2, 0.25) is 0 Å². The minimum Gasteiger partial charge on any atom is -0.462 e. The van der Waals surface area contributed by atoms with E-state index in [4.69, 9.17) is 14.2 Å². The van der Waals surface area contributed by atoms with Crippen molar-refractivity contribution in [1.29, 1.82) is 0 Å². The summed E-state index contributed by atoms with van der Waals surface area (Å²) >= 11 is 0. The fourth-order valence-corrected chi connectivity index (χ4v) is 7.12.